The second-order valence-electron chi connectivity index (χ2n) is 2.32. The van der Waals surface area contributed by atoms with E-state index in [0.717, 1.165) is 0 Å². The van der Waals surface area contributed by atoms with Gasteiger partial charge in [0.2, 0.25) is 5.91 Å². The van der Waals surface area contributed by atoms with Crippen LogP contribution >= 0.6 is 0 Å². The van der Waals surface area contributed by atoms with Gasteiger partial charge >= 0.3 is 6.09 Å². The molecule has 0 aromatic heterocycles. The molecule has 0 saturated carbocycles. The fourth-order valence-corrected chi connectivity index (χ4v) is 0.635. The molecule has 12 heavy (non-hydrogen) atoms. The summed E-state index contributed by atoms with van der Waals surface area (Å²) in [6, 6.07) is -0.425. The summed E-state index contributed by atoms with van der Waals surface area (Å²) in [5.74, 6) is -0.208. The van der Waals surface area contributed by atoms with E-state index in [1.807, 2.05) is 0 Å². The molecular weight excluding hydrogens is 162 g/mol. The van der Waals surface area contributed by atoms with Gasteiger partial charge in [0, 0.05) is 20.0 Å². The van der Waals surface area contributed by atoms with Gasteiger partial charge in [0.25, 0.3) is 0 Å². The van der Waals surface area contributed by atoms with Gasteiger partial charge in [-0.1, -0.05) is 0 Å². The van der Waals surface area contributed by atoms with Crippen molar-refractivity contribution in [1.82, 2.24) is 10.6 Å². The number of carbonyl (C=O) groups excluding carboxylic acids is 1. The fourth-order valence-electron chi connectivity index (χ4n) is 0.635. The van der Waals surface area contributed by atoms with Crippen LogP contribution in [0.15, 0.2) is 0 Å². The van der Waals surface area contributed by atoms with Crippen LogP contribution in [0.25, 0.3) is 0 Å². The Bertz CT molecular complexity index is 171. The predicted molar refractivity (Wildman–Crippen MR) is 42.7 cm³/mol. The highest BCUT2D eigenvalue weighted by Crippen LogP contribution is 1.77. The van der Waals surface area contributed by atoms with E-state index >= 15 is 0 Å². The highest BCUT2D eigenvalue weighted by Gasteiger charge is 2.08. The average molecular weight is 175 g/mol. The number of carbonyl (C=O) groups is 2. The SMILES string of the molecule is CC(=O)NCC(CN)NC(=O)O. The molecule has 0 rings (SSSR count). The summed E-state index contributed by atoms with van der Waals surface area (Å²) in [6.45, 7) is 1.74. The summed E-state index contributed by atoms with van der Waals surface area (Å²) in [7, 11) is 0. The van der Waals surface area contributed by atoms with Crippen molar-refractivity contribution >= 4 is 12.0 Å². The van der Waals surface area contributed by atoms with Crippen molar-refractivity contribution < 1.29 is 14.7 Å². The summed E-state index contributed by atoms with van der Waals surface area (Å²) in [5.41, 5.74) is 5.23. The Kier molecular flexibility index (Phi) is 4.78. The molecule has 70 valence electrons. The van der Waals surface area contributed by atoms with Crippen LogP contribution in [0, 0.1) is 0 Å². The normalized spacial score (nSPS) is 11.8. The van der Waals surface area contributed by atoms with E-state index in [1.165, 1.54) is 6.92 Å². The highest BCUT2D eigenvalue weighted by molar-refractivity contribution is 5.73. The van der Waals surface area contributed by atoms with E-state index in [2.05, 4.69) is 10.6 Å². The lowest BCUT2D eigenvalue weighted by Crippen LogP contribution is -2.46. The van der Waals surface area contributed by atoms with Crippen molar-refractivity contribution in [2.75, 3.05) is 13.1 Å². The fraction of sp³-hybridized carbons (Fsp3) is 0.667. The monoisotopic (exact) mass is 175 g/mol. The Morgan fingerprint density at radius 2 is 2.17 bits per heavy atom. The van der Waals surface area contributed by atoms with Crippen LogP contribution in [0.2, 0.25) is 0 Å². The number of rotatable bonds is 4. The average Bonchev–Trinajstić information content (AvgIpc) is 1.97. The third kappa shape index (κ3) is 5.48. The topological polar surface area (TPSA) is 104 Å². The van der Waals surface area contributed by atoms with E-state index < -0.39 is 12.1 Å². The Labute approximate surface area is 70.1 Å². The van der Waals surface area contributed by atoms with Crippen molar-refractivity contribution in [2.45, 2.75) is 13.0 Å². The predicted octanol–water partition coefficient (Wildman–Crippen LogP) is -1.28. The number of hydrogen-bond acceptors (Lipinski definition) is 3. The van der Waals surface area contributed by atoms with Crippen molar-refractivity contribution in [1.29, 1.82) is 0 Å². The van der Waals surface area contributed by atoms with E-state index in [0.29, 0.717) is 0 Å². The minimum Gasteiger partial charge on any atom is -0.465 e. The number of nitrogens with one attached hydrogen (secondary N) is 2. The van der Waals surface area contributed by atoms with Gasteiger partial charge < -0.3 is 21.5 Å². The van der Waals surface area contributed by atoms with Gasteiger partial charge in [-0.3, -0.25) is 4.79 Å². The van der Waals surface area contributed by atoms with Crippen molar-refractivity contribution in [3.05, 3.63) is 0 Å². The standard InChI is InChI=1S/C6H13N3O3/c1-4(10)8-3-5(2-7)9-6(11)12/h5,9H,2-3,7H2,1H3,(H,8,10)(H,11,12). The molecule has 0 aromatic rings. The summed E-state index contributed by atoms with van der Waals surface area (Å²) in [6.07, 6.45) is -1.14. The van der Waals surface area contributed by atoms with Crippen LogP contribution in [-0.4, -0.2) is 36.2 Å². The largest absolute Gasteiger partial charge is 0.465 e. The zero-order valence-electron chi connectivity index (χ0n) is 6.83. The highest BCUT2D eigenvalue weighted by atomic mass is 16.4. The first-order valence-electron chi connectivity index (χ1n) is 3.50. The van der Waals surface area contributed by atoms with Gasteiger partial charge in [-0.25, -0.2) is 4.79 Å². The number of hydrogen-bond donors (Lipinski definition) is 4. The minimum absolute atomic E-state index is 0.159. The molecule has 0 aliphatic heterocycles. The van der Waals surface area contributed by atoms with Crippen LogP contribution in [0.4, 0.5) is 4.79 Å². The third-order valence-corrected chi connectivity index (χ3v) is 1.21. The molecule has 0 spiro atoms. The summed E-state index contributed by atoms with van der Waals surface area (Å²) in [4.78, 5) is 20.6. The first-order valence-corrected chi connectivity index (χ1v) is 3.50. The second kappa shape index (κ2) is 5.36. The maximum absolute atomic E-state index is 10.4. The Balaban J connectivity index is 3.67. The molecule has 6 heteroatoms. The minimum atomic E-state index is -1.14. The molecule has 0 aliphatic carbocycles. The molecular formula is C6H13N3O3. The molecule has 0 saturated heterocycles. The molecule has 2 amide bonds. The molecule has 6 nitrogen and oxygen atoms in total. The molecule has 1 atom stereocenters. The molecule has 0 fully saturated rings. The first-order chi connectivity index (χ1) is 5.56. The van der Waals surface area contributed by atoms with Crippen molar-refractivity contribution in [3.8, 4) is 0 Å². The summed E-state index contributed by atoms with van der Waals surface area (Å²) in [5, 5.41) is 12.9. The van der Waals surface area contributed by atoms with Gasteiger partial charge in [-0.05, 0) is 0 Å². The molecule has 0 aliphatic rings. The van der Waals surface area contributed by atoms with Crippen molar-refractivity contribution in [3.63, 3.8) is 0 Å². The summed E-state index contributed by atoms with van der Waals surface area (Å²) >= 11 is 0. The zero-order valence-corrected chi connectivity index (χ0v) is 6.83. The van der Waals surface area contributed by atoms with E-state index in [9.17, 15) is 9.59 Å². The number of carboxylic acid groups (broad SMARTS) is 1. The first kappa shape index (κ1) is 10.7. The Morgan fingerprint density at radius 3 is 2.50 bits per heavy atom. The Hall–Kier alpha value is -1.30. The van der Waals surface area contributed by atoms with Gasteiger partial charge in [0.1, 0.15) is 0 Å². The molecule has 5 N–H and O–H groups in total. The number of nitrogens with two attached hydrogens (primary N) is 1. The molecule has 0 bridgehead atoms. The van der Waals surface area contributed by atoms with E-state index in [1.54, 1.807) is 0 Å². The second-order valence-corrected chi connectivity index (χ2v) is 2.32. The third-order valence-electron chi connectivity index (χ3n) is 1.21. The van der Waals surface area contributed by atoms with Gasteiger partial charge in [-0.2, -0.15) is 0 Å². The maximum Gasteiger partial charge on any atom is 0.404 e. The zero-order chi connectivity index (χ0) is 9.56. The van der Waals surface area contributed by atoms with E-state index in [4.69, 9.17) is 10.8 Å². The van der Waals surface area contributed by atoms with Crippen LogP contribution in [0.5, 0.6) is 0 Å². The summed E-state index contributed by atoms with van der Waals surface area (Å²) < 4.78 is 0. The van der Waals surface area contributed by atoms with Crippen LogP contribution in [0.1, 0.15) is 6.92 Å². The molecule has 0 heterocycles. The van der Waals surface area contributed by atoms with Crippen LogP contribution in [0.3, 0.4) is 0 Å². The lowest BCUT2D eigenvalue weighted by Gasteiger charge is -2.14. The lowest BCUT2D eigenvalue weighted by molar-refractivity contribution is -0.119. The van der Waals surface area contributed by atoms with Gasteiger partial charge in [0.05, 0.1) is 6.04 Å². The van der Waals surface area contributed by atoms with Crippen molar-refractivity contribution in [2.24, 2.45) is 5.73 Å². The maximum atomic E-state index is 10.4. The van der Waals surface area contributed by atoms with Crippen LogP contribution < -0.4 is 16.4 Å². The molecule has 1 unspecified atom stereocenters. The number of amides is 2. The molecule has 0 aromatic carbocycles. The lowest BCUT2D eigenvalue weighted by atomic mass is 10.3. The Morgan fingerprint density at radius 1 is 1.58 bits per heavy atom. The van der Waals surface area contributed by atoms with Crippen LogP contribution in [-0.2, 0) is 4.79 Å². The quantitative estimate of drug-likeness (QED) is 0.427. The van der Waals surface area contributed by atoms with Gasteiger partial charge in [-0.15, -0.1) is 0 Å². The smallest absolute Gasteiger partial charge is 0.404 e. The van der Waals surface area contributed by atoms with E-state index in [-0.39, 0.29) is 19.0 Å². The molecule has 0 radical (unpaired) electrons. The van der Waals surface area contributed by atoms with Gasteiger partial charge in [0.15, 0.2) is 0 Å².